The minimum atomic E-state index is -0.703. The van der Waals surface area contributed by atoms with Gasteiger partial charge in [-0.25, -0.2) is 8.78 Å². The third-order valence-electron chi connectivity index (χ3n) is 3.62. The highest BCUT2D eigenvalue weighted by Gasteiger charge is 2.10. The van der Waals surface area contributed by atoms with E-state index in [4.69, 9.17) is 9.47 Å². The highest BCUT2D eigenvalue weighted by Crippen LogP contribution is 2.15. The Morgan fingerprint density at radius 2 is 1.72 bits per heavy atom. The Hall–Kier alpha value is -2.02. The molecule has 0 saturated carbocycles. The van der Waals surface area contributed by atoms with E-state index in [9.17, 15) is 13.9 Å². The third kappa shape index (κ3) is 6.78. The monoisotopic (exact) mass is 351 g/mol. The number of ether oxygens (including phenoxy) is 2. The van der Waals surface area contributed by atoms with E-state index < -0.39 is 11.9 Å². The highest BCUT2D eigenvalue weighted by molar-refractivity contribution is 5.23. The molecular weight excluding hydrogens is 328 g/mol. The van der Waals surface area contributed by atoms with Gasteiger partial charge in [-0.2, -0.15) is 0 Å². The lowest BCUT2D eigenvalue weighted by atomic mass is 10.2. The van der Waals surface area contributed by atoms with E-state index in [2.05, 4.69) is 0 Å². The molecule has 0 radical (unpaired) electrons. The van der Waals surface area contributed by atoms with Crippen LogP contribution in [0.5, 0.6) is 5.75 Å². The second-order valence-corrected chi connectivity index (χ2v) is 5.80. The summed E-state index contributed by atoms with van der Waals surface area (Å²) in [5, 5.41) is 9.97. The largest absolute Gasteiger partial charge is 0.489 e. The van der Waals surface area contributed by atoms with Gasteiger partial charge in [0.2, 0.25) is 0 Å². The minimum Gasteiger partial charge on any atom is -0.489 e. The average Bonchev–Trinajstić information content (AvgIpc) is 2.58. The maximum atomic E-state index is 13.4. The molecule has 2 aromatic carbocycles. The van der Waals surface area contributed by atoms with E-state index >= 15 is 0 Å². The molecule has 1 N–H and O–H groups in total. The molecule has 2 rings (SSSR count). The number of hydrogen-bond donors (Lipinski definition) is 1. The quantitative estimate of drug-likeness (QED) is 0.715. The zero-order valence-electron chi connectivity index (χ0n) is 14.2. The fraction of sp³-hybridized carbons (Fsp3) is 0.368. The molecule has 0 aromatic heterocycles. The molecule has 136 valence electrons. The topological polar surface area (TPSA) is 41.9 Å². The summed E-state index contributed by atoms with van der Waals surface area (Å²) in [5.41, 5.74) is 0.460. The lowest BCUT2D eigenvalue weighted by Crippen LogP contribution is -2.34. The molecule has 0 fully saturated rings. The number of halogens is 2. The van der Waals surface area contributed by atoms with Crippen molar-refractivity contribution in [2.75, 3.05) is 33.4 Å². The van der Waals surface area contributed by atoms with Crippen molar-refractivity contribution in [3.05, 3.63) is 65.7 Å². The Morgan fingerprint density at radius 3 is 2.44 bits per heavy atom. The van der Waals surface area contributed by atoms with E-state index in [1.54, 1.807) is 36.4 Å². The SMILES string of the molecule is CN(CCOc1ccccc1F)CC(O)COCc1ccccc1F. The maximum Gasteiger partial charge on any atom is 0.165 e. The van der Waals surface area contributed by atoms with Gasteiger partial charge < -0.3 is 19.5 Å². The van der Waals surface area contributed by atoms with Gasteiger partial charge >= 0.3 is 0 Å². The van der Waals surface area contributed by atoms with E-state index in [0.29, 0.717) is 25.3 Å². The number of likely N-dealkylation sites (N-methyl/N-ethyl adjacent to an activating group) is 1. The first-order chi connectivity index (χ1) is 12.1. The number of benzene rings is 2. The minimum absolute atomic E-state index is 0.104. The molecule has 2 aromatic rings. The lowest BCUT2D eigenvalue weighted by Gasteiger charge is -2.20. The van der Waals surface area contributed by atoms with Gasteiger partial charge in [0, 0.05) is 18.7 Å². The van der Waals surface area contributed by atoms with Crippen LogP contribution in [0, 0.1) is 11.6 Å². The van der Waals surface area contributed by atoms with Crippen molar-refractivity contribution >= 4 is 0 Å². The number of hydrogen-bond acceptors (Lipinski definition) is 4. The van der Waals surface area contributed by atoms with E-state index in [1.807, 2.05) is 11.9 Å². The first-order valence-corrected chi connectivity index (χ1v) is 8.11. The second kappa shape index (κ2) is 10.1. The van der Waals surface area contributed by atoms with Crippen LogP contribution in [0.4, 0.5) is 8.78 Å². The van der Waals surface area contributed by atoms with Crippen LogP contribution in [0.1, 0.15) is 5.56 Å². The van der Waals surface area contributed by atoms with Gasteiger partial charge in [-0.3, -0.25) is 0 Å². The molecule has 0 saturated heterocycles. The van der Waals surface area contributed by atoms with Crippen molar-refractivity contribution in [1.82, 2.24) is 4.90 Å². The number of aliphatic hydroxyl groups is 1. The predicted molar refractivity (Wildman–Crippen MR) is 91.5 cm³/mol. The zero-order chi connectivity index (χ0) is 18.1. The van der Waals surface area contributed by atoms with Gasteiger partial charge in [0.1, 0.15) is 12.4 Å². The molecule has 1 atom stereocenters. The highest BCUT2D eigenvalue weighted by atomic mass is 19.1. The molecule has 0 aliphatic carbocycles. The van der Waals surface area contributed by atoms with Crippen molar-refractivity contribution in [2.24, 2.45) is 0 Å². The van der Waals surface area contributed by atoms with Crippen LogP contribution in [0.15, 0.2) is 48.5 Å². The molecule has 0 bridgehead atoms. The fourth-order valence-corrected chi connectivity index (χ4v) is 2.30. The number of para-hydroxylation sites is 1. The Kier molecular flexibility index (Phi) is 7.78. The Morgan fingerprint density at radius 1 is 1.04 bits per heavy atom. The zero-order valence-corrected chi connectivity index (χ0v) is 14.2. The number of aliphatic hydroxyl groups excluding tert-OH is 1. The second-order valence-electron chi connectivity index (χ2n) is 5.80. The molecule has 0 aliphatic rings. The van der Waals surface area contributed by atoms with Crippen LogP contribution < -0.4 is 4.74 Å². The van der Waals surface area contributed by atoms with Crippen LogP contribution in [0.25, 0.3) is 0 Å². The molecule has 4 nitrogen and oxygen atoms in total. The molecule has 0 aliphatic heterocycles. The number of rotatable bonds is 10. The van der Waals surface area contributed by atoms with Gasteiger partial charge in [-0.15, -0.1) is 0 Å². The van der Waals surface area contributed by atoms with Crippen LogP contribution in [-0.2, 0) is 11.3 Å². The molecule has 0 heterocycles. The predicted octanol–water partition coefficient (Wildman–Crippen LogP) is 2.85. The van der Waals surface area contributed by atoms with E-state index in [-0.39, 0.29) is 24.8 Å². The standard InChI is InChI=1S/C19H23F2NO3/c1-22(10-11-25-19-9-5-4-8-18(19)21)12-16(23)14-24-13-15-6-2-3-7-17(15)20/h2-9,16,23H,10-14H2,1H3. The van der Waals surface area contributed by atoms with Crippen LogP contribution in [0.3, 0.4) is 0 Å². The summed E-state index contributed by atoms with van der Waals surface area (Å²) in [6.07, 6.45) is -0.703. The molecule has 0 spiro atoms. The van der Waals surface area contributed by atoms with Crippen molar-refractivity contribution in [1.29, 1.82) is 0 Å². The first-order valence-electron chi connectivity index (χ1n) is 8.11. The van der Waals surface area contributed by atoms with Gasteiger partial charge in [0.15, 0.2) is 11.6 Å². The van der Waals surface area contributed by atoms with Crippen LogP contribution >= 0.6 is 0 Å². The Balaban J connectivity index is 1.62. The normalized spacial score (nSPS) is 12.4. The molecule has 1 unspecified atom stereocenters. The molecule has 6 heteroatoms. The van der Waals surface area contributed by atoms with Crippen molar-refractivity contribution in [3.8, 4) is 5.75 Å². The van der Waals surface area contributed by atoms with Crippen molar-refractivity contribution in [3.63, 3.8) is 0 Å². The third-order valence-corrected chi connectivity index (χ3v) is 3.62. The van der Waals surface area contributed by atoms with Gasteiger partial charge in [-0.05, 0) is 25.2 Å². The van der Waals surface area contributed by atoms with Gasteiger partial charge in [0.05, 0.1) is 19.3 Å². The van der Waals surface area contributed by atoms with E-state index in [1.165, 1.54) is 12.1 Å². The van der Waals surface area contributed by atoms with Gasteiger partial charge in [-0.1, -0.05) is 30.3 Å². The Bertz CT molecular complexity index is 599. The van der Waals surface area contributed by atoms with Crippen molar-refractivity contribution < 1.29 is 23.4 Å². The van der Waals surface area contributed by atoms with Crippen LogP contribution in [-0.4, -0.2) is 49.5 Å². The first kappa shape index (κ1) is 19.3. The summed E-state index contributed by atoms with van der Waals surface area (Å²) in [6, 6.07) is 12.6. The fourth-order valence-electron chi connectivity index (χ4n) is 2.30. The Labute approximate surface area is 146 Å². The molecular formula is C19H23F2NO3. The van der Waals surface area contributed by atoms with E-state index in [0.717, 1.165) is 0 Å². The summed E-state index contributed by atoms with van der Waals surface area (Å²) in [5.74, 6) is -0.504. The lowest BCUT2D eigenvalue weighted by molar-refractivity contribution is 0.0115. The summed E-state index contributed by atoms with van der Waals surface area (Å²) in [6.45, 7) is 1.42. The van der Waals surface area contributed by atoms with Gasteiger partial charge in [0.25, 0.3) is 0 Å². The average molecular weight is 351 g/mol. The van der Waals surface area contributed by atoms with Crippen molar-refractivity contribution in [2.45, 2.75) is 12.7 Å². The summed E-state index contributed by atoms with van der Waals surface area (Å²) in [7, 11) is 1.82. The van der Waals surface area contributed by atoms with Crippen LogP contribution in [0.2, 0.25) is 0 Å². The smallest absolute Gasteiger partial charge is 0.165 e. The summed E-state index contributed by atoms with van der Waals surface area (Å²) < 4.78 is 37.6. The molecule has 0 amide bonds. The summed E-state index contributed by atoms with van der Waals surface area (Å²) in [4.78, 5) is 1.86. The number of nitrogens with zero attached hydrogens (tertiary/aromatic N) is 1. The maximum absolute atomic E-state index is 13.4. The summed E-state index contributed by atoms with van der Waals surface area (Å²) >= 11 is 0. The molecule has 25 heavy (non-hydrogen) atoms.